The summed E-state index contributed by atoms with van der Waals surface area (Å²) in [7, 11) is 1.73. The van der Waals surface area contributed by atoms with E-state index >= 15 is 0 Å². The fourth-order valence-electron chi connectivity index (χ4n) is 2.74. The topological polar surface area (TPSA) is 58.1 Å². The minimum absolute atomic E-state index is 0.232. The highest BCUT2D eigenvalue weighted by molar-refractivity contribution is 5.79. The van der Waals surface area contributed by atoms with Gasteiger partial charge >= 0.3 is 0 Å². The third-order valence-electron chi connectivity index (χ3n) is 4.60. The molecule has 0 radical (unpaired) electrons. The summed E-state index contributed by atoms with van der Waals surface area (Å²) in [4.78, 5) is 7.21. The van der Waals surface area contributed by atoms with Gasteiger partial charge in [-0.15, -0.1) is 0 Å². The molecule has 1 aliphatic heterocycles. The second-order valence-electron chi connectivity index (χ2n) is 7.17. The highest BCUT2D eigenvalue weighted by Gasteiger charge is 2.17. The molecule has 1 aliphatic rings. The van der Waals surface area contributed by atoms with Crippen LogP contribution in [0.25, 0.3) is 0 Å². The van der Waals surface area contributed by atoms with E-state index in [-0.39, 0.29) is 5.60 Å². The quantitative estimate of drug-likeness (QED) is 0.547. The number of nitrogens with one attached hydrogen (secondary N) is 2. The molecule has 0 spiro atoms. The summed E-state index contributed by atoms with van der Waals surface area (Å²) in [5.41, 5.74) is 2.37. The minimum Gasteiger partial charge on any atom is -0.379 e. The van der Waals surface area contributed by atoms with Gasteiger partial charge in [0.05, 0.1) is 25.4 Å². The molecule has 0 bridgehead atoms. The molecule has 1 fully saturated rings. The van der Waals surface area contributed by atoms with Crippen LogP contribution in [0, 0.1) is 0 Å². The van der Waals surface area contributed by atoms with Gasteiger partial charge in [-0.25, -0.2) is 4.99 Å². The van der Waals surface area contributed by atoms with Gasteiger partial charge in [-0.3, -0.25) is 4.90 Å². The van der Waals surface area contributed by atoms with Crippen LogP contribution < -0.4 is 10.6 Å². The van der Waals surface area contributed by atoms with Crippen molar-refractivity contribution < 1.29 is 9.47 Å². The summed E-state index contributed by atoms with van der Waals surface area (Å²) in [5, 5.41) is 6.68. The average Bonchev–Trinajstić information content (AvgIpc) is 2.66. The molecule has 146 valence electrons. The molecule has 1 saturated heterocycles. The number of hydrogen-bond donors (Lipinski definition) is 2. The fourth-order valence-corrected chi connectivity index (χ4v) is 2.74. The van der Waals surface area contributed by atoms with Crippen LogP contribution in [0.1, 0.15) is 31.9 Å². The first-order valence-electron chi connectivity index (χ1n) is 9.48. The van der Waals surface area contributed by atoms with Crippen molar-refractivity contribution >= 4 is 5.96 Å². The van der Waals surface area contributed by atoms with Crippen molar-refractivity contribution in [2.75, 3.05) is 46.5 Å². The molecule has 6 nitrogen and oxygen atoms in total. The van der Waals surface area contributed by atoms with Crippen LogP contribution in [0.4, 0.5) is 0 Å². The van der Waals surface area contributed by atoms with Crippen molar-refractivity contribution in [3.63, 3.8) is 0 Å². The lowest BCUT2D eigenvalue weighted by Crippen LogP contribution is -2.45. The summed E-state index contributed by atoms with van der Waals surface area (Å²) in [5.74, 6) is 0.818. The van der Waals surface area contributed by atoms with Gasteiger partial charge in [-0.2, -0.15) is 0 Å². The number of aliphatic imine (C=N–C) groups is 1. The van der Waals surface area contributed by atoms with Crippen molar-refractivity contribution in [2.45, 2.75) is 39.5 Å². The summed E-state index contributed by atoms with van der Waals surface area (Å²) in [6, 6.07) is 8.56. The summed E-state index contributed by atoms with van der Waals surface area (Å²) in [6.07, 6.45) is 0. The van der Waals surface area contributed by atoms with Gasteiger partial charge in [0.2, 0.25) is 0 Å². The second-order valence-corrected chi connectivity index (χ2v) is 7.17. The number of guanidine groups is 1. The summed E-state index contributed by atoms with van der Waals surface area (Å²) >= 11 is 0. The minimum atomic E-state index is -0.232. The van der Waals surface area contributed by atoms with Crippen molar-refractivity contribution in [3.05, 3.63) is 35.4 Å². The smallest absolute Gasteiger partial charge is 0.191 e. The van der Waals surface area contributed by atoms with Crippen LogP contribution in [0.5, 0.6) is 0 Å². The molecule has 0 aromatic heterocycles. The third-order valence-corrected chi connectivity index (χ3v) is 4.60. The Balaban J connectivity index is 2.01. The Morgan fingerprint density at radius 1 is 1.19 bits per heavy atom. The number of hydrogen-bond acceptors (Lipinski definition) is 4. The Bertz CT molecular complexity index is 569. The molecule has 6 heteroatoms. The van der Waals surface area contributed by atoms with E-state index in [2.05, 4.69) is 60.6 Å². The van der Waals surface area contributed by atoms with E-state index in [1.165, 1.54) is 11.1 Å². The molecule has 0 unspecified atom stereocenters. The lowest BCUT2D eigenvalue weighted by atomic mass is 10.1. The van der Waals surface area contributed by atoms with Crippen LogP contribution in [0.2, 0.25) is 0 Å². The fraction of sp³-hybridized carbons (Fsp3) is 0.650. The molecule has 0 saturated carbocycles. The van der Waals surface area contributed by atoms with Crippen LogP contribution in [0.15, 0.2) is 29.3 Å². The number of benzene rings is 1. The normalized spacial score (nSPS) is 16.5. The Hall–Kier alpha value is -1.63. The molecule has 2 rings (SSSR count). The van der Waals surface area contributed by atoms with Crippen LogP contribution in [-0.4, -0.2) is 63.0 Å². The predicted octanol–water partition coefficient (Wildman–Crippen LogP) is 2.00. The Kier molecular flexibility index (Phi) is 8.35. The van der Waals surface area contributed by atoms with Crippen molar-refractivity contribution in [2.24, 2.45) is 4.99 Å². The molecule has 0 amide bonds. The van der Waals surface area contributed by atoms with E-state index < -0.39 is 0 Å². The van der Waals surface area contributed by atoms with Crippen molar-refractivity contribution in [1.29, 1.82) is 0 Å². The first kappa shape index (κ1) is 20.7. The number of ether oxygens (including phenoxy) is 2. The van der Waals surface area contributed by atoms with E-state index in [1.807, 2.05) is 0 Å². The molecule has 2 N–H and O–H groups in total. The molecular formula is C20H34N4O2. The predicted molar refractivity (Wildman–Crippen MR) is 106 cm³/mol. The maximum absolute atomic E-state index is 5.47. The maximum Gasteiger partial charge on any atom is 0.191 e. The summed E-state index contributed by atoms with van der Waals surface area (Å²) in [6.45, 7) is 13.0. The van der Waals surface area contributed by atoms with Gasteiger partial charge in [-0.1, -0.05) is 24.3 Å². The zero-order valence-electron chi connectivity index (χ0n) is 16.7. The monoisotopic (exact) mass is 362 g/mol. The SMILES string of the molecule is CCNC(=NCc1ccccc1CN1CCOCC1)NCC(C)(C)OC. The van der Waals surface area contributed by atoms with Crippen molar-refractivity contribution in [1.82, 2.24) is 15.5 Å². The standard InChI is InChI=1S/C20H34N4O2/c1-5-21-19(23-16-20(2,3)25-4)22-14-17-8-6-7-9-18(17)15-24-10-12-26-13-11-24/h6-9H,5,10-16H2,1-4H3,(H2,21,22,23). The summed E-state index contributed by atoms with van der Waals surface area (Å²) < 4.78 is 10.9. The Labute approximate surface area is 158 Å². The van der Waals surface area contributed by atoms with E-state index in [1.54, 1.807) is 7.11 Å². The van der Waals surface area contributed by atoms with Crippen LogP contribution in [-0.2, 0) is 22.6 Å². The molecule has 0 atom stereocenters. The lowest BCUT2D eigenvalue weighted by molar-refractivity contribution is 0.0268. The Morgan fingerprint density at radius 3 is 2.54 bits per heavy atom. The molecule has 1 aromatic carbocycles. The third kappa shape index (κ3) is 6.94. The highest BCUT2D eigenvalue weighted by Crippen LogP contribution is 2.14. The number of nitrogens with zero attached hydrogens (tertiary/aromatic N) is 2. The largest absolute Gasteiger partial charge is 0.379 e. The van der Waals surface area contributed by atoms with Gasteiger partial charge in [-0.05, 0) is 31.9 Å². The molecular weight excluding hydrogens is 328 g/mol. The van der Waals surface area contributed by atoms with Crippen LogP contribution in [0.3, 0.4) is 0 Å². The maximum atomic E-state index is 5.47. The molecule has 1 aromatic rings. The number of rotatable bonds is 8. The van der Waals surface area contributed by atoms with Gasteiger partial charge in [0.25, 0.3) is 0 Å². The van der Waals surface area contributed by atoms with Gasteiger partial charge in [0.15, 0.2) is 5.96 Å². The van der Waals surface area contributed by atoms with Gasteiger partial charge in [0, 0.05) is 39.8 Å². The van der Waals surface area contributed by atoms with E-state index in [4.69, 9.17) is 14.5 Å². The highest BCUT2D eigenvalue weighted by atomic mass is 16.5. The zero-order chi connectivity index (χ0) is 18.8. The van der Waals surface area contributed by atoms with Crippen LogP contribution >= 0.6 is 0 Å². The average molecular weight is 363 g/mol. The second kappa shape index (κ2) is 10.5. The van der Waals surface area contributed by atoms with E-state index in [0.717, 1.165) is 45.4 Å². The first-order chi connectivity index (χ1) is 12.5. The first-order valence-corrected chi connectivity index (χ1v) is 9.48. The molecule has 0 aliphatic carbocycles. The van der Waals surface area contributed by atoms with Crippen molar-refractivity contribution in [3.8, 4) is 0 Å². The number of methoxy groups -OCH3 is 1. The van der Waals surface area contributed by atoms with E-state index in [9.17, 15) is 0 Å². The zero-order valence-corrected chi connectivity index (χ0v) is 16.7. The molecule has 1 heterocycles. The lowest BCUT2D eigenvalue weighted by Gasteiger charge is -2.27. The van der Waals surface area contributed by atoms with E-state index in [0.29, 0.717) is 13.1 Å². The van der Waals surface area contributed by atoms with Gasteiger partial charge in [0.1, 0.15) is 0 Å². The molecule has 26 heavy (non-hydrogen) atoms. The Morgan fingerprint density at radius 2 is 1.88 bits per heavy atom. The number of morpholine rings is 1. The van der Waals surface area contributed by atoms with Gasteiger partial charge < -0.3 is 20.1 Å².